The lowest BCUT2D eigenvalue weighted by Crippen LogP contribution is -2.36. The van der Waals surface area contributed by atoms with Crippen molar-refractivity contribution in [2.75, 3.05) is 18.4 Å². The highest BCUT2D eigenvalue weighted by Gasteiger charge is 2.28. The lowest BCUT2D eigenvalue weighted by Gasteiger charge is -2.18. The number of carbonyl (C=O) groups excluding carboxylic acids is 1. The van der Waals surface area contributed by atoms with Crippen molar-refractivity contribution in [3.63, 3.8) is 0 Å². The molecule has 0 spiro atoms. The standard InChI is InChI=1S/C17H18ClN3O3/c1-20-8-3-6-15(16(20)22)19-17(23)21-9-7-14(11-21)24-13-5-2-4-12(18)10-13/h2-6,8,10,14H,7,9,11H2,1H3,(H,19,23)/t14-/m0/s1. The Morgan fingerprint density at radius 2 is 2.17 bits per heavy atom. The third kappa shape index (κ3) is 3.71. The van der Waals surface area contributed by atoms with Gasteiger partial charge in [0.1, 0.15) is 17.5 Å². The Kier molecular flexibility index (Phi) is 4.76. The van der Waals surface area contributed by atoms with Crippen LogP contribution < -0.4 is 15.6 Å². The van der Waals surface area contributed by atoms with Crippen LogP contribution in [0, 0.1) is 0 Å². The number of benzene rings is 1. The summed E-state index contributed by atoms with van der Waals surface area (Å²) in [5.74, 6) is 0.687. The largest absolute Gasteiger partial charge is 0.488 e. The van der Waals surface area contributed by atoms with Crippen LogP contribution in [0.1, 0.15) is 6.42 Å². The van der Waals surface area contributed by atoms with Gasteiger partial charge in [-0.05, 0) is 30.3 Å². The number of halogens is 1. The van der Waals surface area contributed by atoms with Crippen molar-refractivity contribution in [2.24, 2.45) is 7.05 Å². The summed E-state index contributed by atoms with van der Waals surface area (Å²) in [6.07, 6.45) is 2.28. The number of nitrogens with zero attached hydrogens (tertiary/aromatic N) is 2. The zero-order valence-corrected chi connectivity index (χ0v) is 14.0. The molecule has 1 saturated heterocycles. The number of rotatable bonds is 3. The molecule has 3 rings (SSSR count). The van der Waals surface area contributed by atoms with Gasteiger partial charge >= 0.3 is 6.03 Å². The molecule has 1 aliphatic rings. The van der Waals surface area contributed by atoms with Crippen LogP contribution in [0.2, 0.25) is 5.02 Å². The molecule has 1 aromatic heterocycles. The molecule has 24 heavy (non-hydrogen) atoms. The molecule has 1 fully saturated rings. The van der Waals surface area contributed by atoms with E-state index >= 15 is 0 Å². The minimum Gasteiger partial charge on any atom is -0.488 e. The van der Waals surface area contributed by atoms with E-state index in [1.807, 2.05) is 12.1 Å². The van der Waals surface area contributed by atoms with E-state index in [0.29, 0.717) is 23.9 Å². The summed E-state index contributed by atoms with van der Waals surface area (Å²) in [6.45, 7) is 1.04. The normalized spacial score (nSPS) is 16.9. The number of amides is 2. The Morgan fingerprint density at radius 1 is 1.33 bits per heavy atom. The van der Waals surface area contributed by atoms with Gasteiger partial charge < -0.3 is 19.5 Å². The van der Waals surface area contributed by atoms with E-state index in [1.165, 1.54) is 4.57 Å². The number of urea groups is 1. The molecule has 1 atom stereocenters. The molecule has 2 heterocycles. The first-order valence-corrected chi connectivity index (χ1v) is 8.04. The number of aromatic nitrogens is 1. The van der Waals surface area contributed by atoms with Crippen LogP contribution >= 0.6 is 11.6 Å². The van der Waals surface area contributed by atoms with Crippen molar-refractivity contribution in [1.82, 2.24) is 9.47 Å². The summed E-state index contributed by atoms with van der Waals surface area (Å²) in [5, 5.41) is 3.27. The van der Waals surface area contributed by atoms with Gasteiger partial charge in [0.2, 0.25) is 0 Å². The van der Waals surface area contributed by atoms with Gasteiger partial charge in [-0.3, -0.25) is 4.79 Å². The highest BCUT2D eigenvalue weighted by Crippen LogP contribution is 2.22. The fourth-order valence-corrected chi connectivity index (χ4v) is 2.81. The summed E-state index contributed by atoms with van der Waals surface area (Å²) < 4.78 is 7.28. The maximum Gasteiger partial charge on any atom is 0.322 e. The molecule has 0 unspecified atom stereocenters. The van der Waals surface area contributed by atoms with Gasteiger partial charge in [-0.1, -0.05) is 17.7 Å². The smallest absolute Gasteiger partial charge is 0.322 e. The average molecular weight is 348 g/mol. The summed E-state index contributed by atoms with van der Waals surface area (Å²) >= 11 is 5.94. The second-order valence-electron chi connectivity index (χ2n) is 5.70. The molecular weight excluding hydrogens is 330 g/mol. The predicted octanol–water partition coefficient (Wildman–Crippen LogP) is 2.72. The van der Waals surface area contributed by atoms with E-state index in [1.54, 1.807) is 42.4 Å². The van der Waals surface area contributed by atoms with E-state index < -0.39 is 0 Å². The van der Waals surface area contributed by atoms with E-state index in [-0.39, 0.29) is 23.4 Å². The highest BCUT2D eigenvalue weighted by molar-refractivity contribution is 6.30. The quantitative estimate of drug-likeness (QED) is 0.928. The third-order valence-corrected chi connectivity index (χ3v) is 4.13. The van der Waals surface area contributed by atoms with Crippen molar-refractivity contribution < 1.29 is 9.53 Å². The number of ether oxygens (including phenoxy) is 1. The van der Waals surface area contributed by atoms with Gasteiger partial charge in [0.25, 0.3) is 5.56 Å². The number of hydrogen-bond acceptors (Lipinski definition) is 3. The summed E-state index contributed by atoms with van der Waals surface area (Å²) in [5.41, 5.74) is 0.0287. The van der Waals surface area contributed by atoms with Crippen molar-refractivity contribution in [3.05, 3.63) is 58.0 Å². The molecule has 0 saturated carbocycles. The zero-order chi connectivity index (χ0) is 17.1. The zero-order valence-electron chi connectivity index (χ0n) is 13.2. The molecule has 1 aliphatic heterocycles. The number of carbonyl (C=O) groups is 1. The van der Waals surface area contributed by atoms with Crippen LogP contribution in [0.5, 0.6) is 5.75 Å². The predicted molar refractivity (Wildman–Crippen MR) is 92.8 cm³/mol. The Hall–Kier alpha value is -2.47. The van der Waals surface area contributed by atoms with E-state index in [2.05, 4.69) is 5.32 Å². The molecule has 0 bridgehead atoms. The Bertz CT molecular complexity index is 806. The van der Waals surface area contributed by atoms with Crippen LogP contribution in [0.25, 0.3) is 0 Å². The minimum absolute atomic E-state index is 0.0900. The van der Waals surface area contributed by atoms with Gasteiger partial charge in [0, 0.05) is 31.2 Å². The van der Waals surface area contributed by atoms with Gasteiger partial charge in [-0.15, -0.1) is 0 Å². The maximum absolute atomic E-state index is 12.3. The van der Waals surface area contributed by atoms with Gasteiger partial charge in [0.05, 0.1) is 6.54 Å². The average Bonchev–Trinajstić information content (AvgIpc) is 3.00. The summed E-state index contributed by atoms with van der Waals surface area (Å²) in [4.78, 5) is 25.9. The Labute approximate surface area is 144 Å². The van der Waals surface area contributed by atoms with Gasteiger partial charge in [-0.2, -0.15) is 0 Å². The second-order valence-corrected chi connectivity index (χ2v) is 6.14. The molecule has 0 aliphatic carbocycles. The van der Waals surface area contributed by atoms with Crippen molar-refractivity contribution in [2.45, 2.75) is 12.5 Å². The van der Waals surface area contributed by atoms with Crippen LogP contribution in [-0.4, -0.2) is 34.7 Å². The lowest BCUT2D eigenvalue weighted by atomic mass is 10.3. The SMILES string of the molecule is Cn1cccc(NC(=O)N2CC[C@H](Oc3cccc(Cl)c3)C2)c1=O. The number of hydrogen-bond donors (Lipinski definition) is 1. The highest BCUT2D eigenvalue weighted by atomic mass is 35.5. The molecular formula is C17H18ClN3O3. The van der Waals surface area contributed by atoms with Crippen LogP contribution in [-0.2, 0) is 7.05 Å². The first-order valence-electron chi connectivity index (χ1n) is 7.67. The molecule has 2 amide bonds. The van der Waals surface area contributed by atoms with E-state index in [9.17, 15) is 9.59 Å². The molecule has 0 radical (unpaired) electrons. The molecule has 7 heteroatoms. The van der Waals surface area contributed by atoms with Crippen molar-refractivity contribution in [1.29, 1.82) is 0 Å². The first-order chi connectivity index (χ1) is 11.5. The maximum atomic E-state index is 12.3. The lowest BCUT2D eigenvalue weighted by molar-refractivity contribution is 0.195. The minimum atomic E-state index is -0.296. The van der Waals surface area contributed by atoms with Crippen molar-refractivity contribution in [3.8, 4) is 5.75 Å². The summed E-state index contributed by atoms with van der Waals surface area (Å²) in [7, 11) is 1.64. The van der Waals surface area contributed by atoms with Crippen molar-refractivity contribution >= 4 is 23.3 Å². The molecule has 2 aromatic rings. The molecule has 1 aromatic carbocycles. The second kappa shape index (κ2) is 6.97. The van der Waals surface area contributed by atoms with Crippen LogP contribution in [0.15, 0.2) is 47.4 Å². The Balaban J connectivity index is 1.60. The van der Waals surface area contributed by atoms with E-state index in [4.69, 9.17) is 16.3 Å². The van der Waals surface area contributed by atoms with Crippen LogP contribution in [0.4, 0.5) is 10.5 Å². The topological polar surface area (TPSA) is 63.6 Å². The van der Waals surface area contributed by atoms with Crippen LogP contribution in [0.3, 0.4) is 0 Å². The number of anilines is 1. The molecule has 1 N–H and O–H groups in total. The molecule has 126 valence electrons. The summed E-state index contributed by atoms with van der Waals surface area (Å²) in [6, 6.07) is 10.2. The monoisotopic (exact) mass is 347 g/mol. The number of aryl methyl sites for hydroxylation is 1. The number of nitrogens with one attached hydrogen (secondary N) is 1. The fourth-order valence-electron chi connectivity index (χ4n) is 2.63. The van der Waals surface area contributed by atoms with E-state index in [0.717, 1.165) is 6.42 Å². The van der Waals surface area contributed by atoms with Gasteiger partial charge in [0.15, 0.2) is 0 Å². The van der Waals surface area contributed by atoms with Gasteiger partial charge in [-0.25, -0.2) is 4.79 Å². The Morgan fingerprint density at radius 3 is 2.96 bits per heavy atom. The first kappa shape index (κ1) is 16.4. The fraction of sp³-hybridized carbons (Fsp3) is 0.294. The number of pyridine rings is 1. The number of likely N-dealkylation sites (tertiary alicyclic amines) is 1. The molecule has 6 nitrogen and oxygen atoms in total. The third-order valence-electron chi connectivity index (χ3n) is 3.90.